The molecule has 10 atom stereocenters. The van der Waals surface area contributed by atoms with Crippen LogP contribution >= 0.6 is 58.0 Å². The number of carbonyl (C=O) groups is 10. The van der Waals surface area contributed by atoms with Crippen LogP contribution < -0.4 is 81.8 Å². The van der Waals surface area contributed by atoms with Crippen LogP contribution in [0.2, 0.25) is 25.1 Å². The van der Waals surface area contributed by atoms with E-state index in [2.05, 4.69) is 116 Å². The molecule has 31 nitrogen and oxygen atoms in total. The summed E-state index contributed by atoms with van der Waals surface area (Å²) >= 11 is 28.2. The summed E-state index contributed by atoms with van der Waals surface area (Å²) < 4.78 is 67.6. The second-order valence-corrected chi connectivity index (χ2v) is 34.4. The fourth-order valence-corrected chi connectivity index (χ4v) is 17.1. The van der Waals surface area contributed by atoms with Gasteiger partial charge in [-0.25, -0.2) is 31.9 Å². The molecule has 0 bridgehead atoms. The lowest BCUT2D eigenvalue weighted by atomic mass is 10.0. The predicted molar refractivity (Wildman–Crippen MR) is 500 cm³/mol. The average molecular weight is 1950 g/mol. The van der Waals surface area contributed by atoms with Crippen molar-refractivity contribution >= 4 is 138 Å². The summed E-state index contributed by atoms with van der Waals surface area (Å²) in [5.41, 5.74) is 38.7. The molecule has 24 N–H and O–H groups in total. The van der Waals surface area contributed by atoms with Crippen LogP contribution in [-0.4, -0.2) is 125 Å². The Hall–Kier alpha value is -14.5. The molecule has 0 spiro atoms. The first kappa shape index (κ1) is 99.6. The van der Waals surface area contributed by atoms with Gasteiger partial charge >= 0.3 is 0 Å². The van der Waals surface area contributed by atoms with E-state index in [-0.39, 0.29) is 117 Å². The van der Waals surface area contributed by atoms with Crippen LogP contribution in [0.15, 0.2) is 214 Å². The quantitative estimate of drug-likeness (QED) is 0.0147. The number of amides is 5. The molecule has 5 aliphatic rings. The molecule has 0 unspecified atom stereocenters. The number of aromatic nitrogens is 6. The van der Waals surface area contributed by atoms with Gasteiger partial charge in [0.05, 0.1) is 127 Å². The molecule has 0 saturated heterocycles. The van der Waals surface area contributed by atoms with Gasteiger partial charge in [-0.3, -0.25) is 47.9 Å². The number of benzene rings is 7. The number of para-hydroxylation sites is 2. The van der Waals surface area contributed by atoms with E-state index in [1.54, 1.807) is 0 Å². The van der Waals surface area contributed by atoms with Gasteiger partial charge in [0.1, 0.15) is 29.1 Å². The third-order valence-electron chi connectivity index (χ3n) is 22.5. The smallest absolute Gasteiger partial charge is 0.288 e. The van der Waals surface area contributed by atoms with Crippen molar-refractivity contribution in [1.29, 1.82) is 0 Å². The summed E-state index contributed by atoms with van der Waals surface area (Å²) in [4.78, 5) is 144. The highest BCUT2D eigenvalue weighted by atomic mass is 35.5. The normalized spacial score (nSPS) is 18.2. The number of nitrogens with one attached hydrogen (secondary N) is 14. The number of nitrogens with zero attached hydrogens (tertiary/aromatic N) is 2. The number of halogens is 10. The van der Waals surface area contributed by atoms with Crippen molar-refractivity contribution in [1.82, 2.24) is 83.1 Å². The number of rotatable bonds is 30. The number of Topliss-reactive ketones (excluding diaryl/α,β-unsaturated/α-hetero) is 5. The number of fused-ring (bicyclic) bond motifs is 8. The molecule has 1 fully saturated rings. The number of H-pyrrole nitrogens is 4. The highest BCUT2D eigenvalue weighted by molar-refractivity contribution is 6.39. The van der Waals surface area contributed by atoms with Crippen molar-refractivity contribution < 1.29 is 69.9 Å². The minimum Gasteiger partial charge on any atom is -0.386 e. The number of hydrogen-bond acceptors (Lipinski definition) is 22. The predicted octanol–water partition coefficient (Wildman–Crippen LogP) is 9.63. The zero-order chi connectivity index (χ0) is 97.5. The summed E-state index contributed by atoms with van der Waals surface area (Å²) in [6.07, 6.45) is 6.77. The number of aromatic amines is 4. The van der Waals surface area contributed by atoms with Crippen molar-refractivity contribution in [3.8, 4) is 0 Å². The van der Waals surface area contributed by atoms with Crippen LogP contribution in [0.3, 0.4) is 0 Å². The summed E-state index contributed by atoms with van der Waals surface area (Å²) in [7, 11) is 0. The van der Waals surface area contributed by atoms with E-state index >= 15 is 0 Å². The van der Waals surface area contributed by atoms with Crippen LogP contribution in [0.5, 0.6) is 0 Å². The first-order valence-corrected chi connectivity index (χ1v) is 43.8. The molecule has 5 aliphatic carbocycles. The molecule has 0 radical (unpaired) electrons. The fraction of sp³-hybridized carbons (Fsp3) is 0.234. The van der Waals surface area contributed by atoms with Gasteiger partial charge in [-0.15, -0.1) is 0 Å². The average Bonchev–Trinajstić information content (AvgIpc) is 1.60. The molecule has 7 aromatic carbocycles. The lowest BCUT2D eigenvalue weighted by molar-refractivity contribution is -0.138. The molecule has 11 aromatic rings. The van der Waals surface area contributed by atoms with E-state index in [0.717, 1.165) is 105 Å². The molecule has 5 amide bonds. The summed E-state index contributed by atoms with van der Waals surface area (Å²) in [5, 5.41) is 30.6. The second kappa shape index (κ2) is 44.4. The van der Waals surface area contributed by atoms with Crippen molar-refractivity contribution in [3.05, 3.63) is 341 Å². The minimum absolute atomic E-state index is 0.0208. The van der Waals surface area contributed by atoms with Gasteiger partial charge in [-0.1, -0.05) is 158 Å². The molecule has 704 valence electrons. The van der Waals surface area contributed by atoms with E-state index in [1.165, 1.54) is 73.3 Å². The van der Waals surface area contributed by atoms with Crippen LogP contribution in [0, 0.1) is 29.1 Å². The van der Waals surface area contributed by atoms with Gasteiger partial charge in [0.15, 0.2) is 0 Å². The molecule has 41 heteroatoms. The van der Waals surface area contributed by atoms with Crippen molar-refractivity contribution in [2.24, 2.45) is 28.7 Å². The number of ketones is 5. The number of imidazole rings is 2. The Labute approximate surface area is 794 Å². The van der Waals surface area contributed by atoms with Crippen LogP contribution in [0.1, 0.15) is 117 Å². The molecule has 1 saturated carbocycles. The summed E-state index contributed by atoms with van der Waals surface area (Å²) in [6, 6.07) is 32.4. The van der Waals surface area contributed by atoms with E-state index in [1.807, 2.05) is 48.5 Å². The zero-order valence-electron chi connectivity index (χ0n) is 71.9. The fourth-order valence-electron chi connectivity index (χ4n) is 16.5. The lowest BCUT2D eigenvalue weighted by Gasteiger charge is -2.23. The lowest BCUT2D eigenvalue weighted by Crippen LogP contribution is -2.49. The maximum absolute atomic E-state index is 13.6. The van der Waals surface area contributed by atoms with Crippen LogP contribution in [0.4, 0.5) is 22.0 Å². The summed E-state index contributed by atoms with van der Waals surface area (Å²) in [5.74, 6) is -8.87. The van der Waals surface area contributed by atoms with Gasteiger partial charge < -0.3 is 102 Å². The number of hydrogen-bond donors (Lipinski definition) is 19. The van der Waals surface area contributed by atoms with Gasteiger partial charge in [0, 0.05) is 114 Å². The third kappa shape index (κ3) is 25.5. The number of carbonyl (C=O) groups excluding carboxylic acids is 10. The monoisotopic (exact) mass is 1950 g/mol. The van der Waals surface area contributed by atoms with Crippen LogP contribution in [0.25, 0.3) is 21.8 Å². The zero-order valence-corrected chi connectivity index (χ0v) is 75.7. The molecule has 4 aromatic heterocycles. The Morgan fingerprint density at radius 1 is 0.341 bits per heavy atom. The molecule has 135 heavy (non-hydrogen) atoms. The molecular weight excluding hydrogens is 1860 g/mol. The minimum atomic E-state index is -0.782. The Morgan fingerprint density at radius 2 is 0.630 bits per heavy atom. The van der Waals surface area contributed by atoms with Crippen LogP contribution in [-0.2, 0) is 106 Å². The van der Waals surface area contributed by atoms with Crippen molar-refractivity contribution in [2.45, 2.75) is 137 Å². The summed E-state index contributed by atoms with van der Waals surface area (Å²) in [6.45, 7) is 18.1. The van der Waals surface area contributed by atoms with E-state index < -0.39 is 112 Å². The van der Waals surface area contributed by atoms with Gasteiger partial charge in [-0.2, -0.15) is 0 Å². The Balaban J connectivity index is 0.000000152. The highest BCUT2D eigenvalue weighted by Gasteiger charge is 2.42. The Bertz CT molecular complexity index is 6340. The number of nitrogens with two attached hydrogens (primary N) is 5. The van der Waals surface area contributed by atoms with E-state index in [9.17, 15) is 69.9 Å². The Morgan fingerprint density at radius 3 is 0.985 bits per heavy atom. The molecule has 16 rings (SSSR count). The Kier molecular flexibility index (Phi) is 32.7. The van der Waals surface area contributed by atoms with Gasteiger partial charge in [-0.05, 0) is 132 Å². The molecular formula is C94H93Cl5F5N21O10. The maximum Gasteiger partial charge on any atom is 0.288 e. The van der Waals surface area contributed by atoms with Crippen molar-refractivity contribution in [2.75, 3.05) is 0 Å². The molecule has 4 heterocycles. The SMILES string of the molecule is C=C(N)N[C@H]1CCC[C@@H]1NC(=O)C(=O)Cc1ccc(Cl)c(F)c1.C=C(N)N[C@H]1Cc2[nH]c3ccccc3c2[C@@H]1NC(=O)C(=O)Cc1ccc(Cl)c(F)c1.C=C(N)N[C@H]1Cc2[nH]cnc2[C@@H]1NC(=O)C(=O)Cc1ccc(Cl)c(F)c1.C=C(N)N[C@H]1Cc2[nH]cnc2[C@@H]1NC(=O)C(=O)Cc1ccc(Cl)c(F)c1.C=C(N)N[C@H]1Cc2c([nH]c3ccccc23)[C@@H]1NC(=O)C(=O)Cc1ccc(Cl)c(F)c1. The van der Waals surface area contributed by atoms with Crippen molar-refractivity contribution in [3.63, 3.8) is 0 Å². The first-order chi connectivity index (χ1) is 64.2. The first-order valence-electron chi connectivity index (χ1n) is 41.9. The maximum atomic E-state index is 13.6. The standard InChI is InChI=1S/2C22H20ClFN4O2.2C17H17ClFN5O2.C16H19ClFN3O2/c1-11(25)26-18-10-14-13-4-2-3-5-17(13)27-20(14)21(18)28-22(30)19(29)9-12-6-7-15(23)16(24)8-12;1-11(25)26-18-10-17-20(13-4-2-3-5-16(13)27-17)21(18)28-22(30)19(29)9-12-6-7-14(23)15(24)8-12;2*1-8(20)23-13-6-12-15(22-7-21-12)16(13)24-17(26)14(25)5-9-2-3-10(18)11(19)4-9;1-9(19)20-13-3-2-4-14(13)21-16(23)15(22)8-10-5-6-11(17)12(18)7-10/h2*2-8,18,21,26-27H,1,9-10,25H2,(H,28,30);2*2-4,7,13,16,23H,1,5-6,20H2,(H,21,22)(H,24,26);5-7,13-14,20H,1-4,8,19H2,(H,21,23)/t2*18-,21+;2*13-,16+;13-,14-/m00000/s1. The second-order valence-electron chi connectivity index (χ2n) is 32.4. The van der Waals surface area contributed by atoms with Gasteiger partial charge in [0.2, 0.25) is 28.9 Å². The third-order valence-corrected chi connectivity index (χ3v) is 24.1. The van der Waals surface area contributed by atoms with E-state index in [4.69, 9.17) is 86.7 Å². The highest BCUT2D eigenvalue weighted by Crippen LogP contribution is 2.40. The largest absolute Gasteiger partial charge is 0.386 e. The molecule has 0 aliphatic heterocycles. The topological polar surface area (TPSA) is 510 Å². The van der Waals surface area contributed by atoms with Gasteiger partial charge in [0.25, 0.3) is 29.5 Å². The van der Waals surface area contributed by atoms with E-state index in [0.29, 0.717) is 70.7 Å².